The fourth-order valence-electron chi connectivity index (χ4n) is 2.87. The molecule has 1 saturated carbocycles. The van der Waals surface area contributed by atoms with E-state index in [0.29, 0.717) is 12.5 Å². The van der Waals surface area contributed by atoms with Crippen LogP contribution in [0.2, 0.25) is 0 Å². The van der Waals surface area contributed by atoms with Crippen LogP contribution in [-0.4, -0.2) is 29.0 Å². The van der Waals surface area contributed by atoms with Crippen LogP contribution in [0.1, 0.15) is 24.8 Å². The molecule has 2 fully saturated rings. The fourth-order valence-corrected chi connectivity index (χ4v) is 3.39. The zero-order chi connectivity index (χ0) is 13.2. The van der Waals surface area contributed by atoms with Crippen LogP contribution in [0.25, 0.3) is 0 Å². The predicted octanol–water partition coefficient (Wildman–Crippen LogP) is 3.41. The third kappa shape index (κ3) is 2.71. The number of nitrogens with zero attached hydrogens (tertiary/aromatic N) is 1. The van der Waals surface area contributed by atoms with E-state index < -0.39 is 0 Å². The lowest BCUT2D eigenvalue weighted by molar-refractivity contribution is 0.0932. The van der Waals surface area contributed by atoms with Gasteiger partial charge in [0, 0.05) is 6.54 Å². The van der Waals surface area contributed by atoms with Gasteiger partial charge in [-0.2, -0.15) is 0 Å². The Bertz CT molecular complexity index is 451. The number of hydrogen-bond acceptors (Lipinski definition) is 2. The van der Waals surface area contributed by atoms with Gasteiger partial charge in [-0.25, -0.2) is 4.79 Å². The molecule has 0 bridgehead atoms. The van der Waals surface area contributed by atoms with E-state index in [1.165, 1.54) is 0 Å². The Morgan fingerprint density at radius 3 is 2.89 bits per heavy atom. The van der Waals surface area contributed by atoms with Crippen LogP contribution in [0.15, 0.2) is 30.3 Å². The summed E-state index contributed by atoms with van der Waals surface area (Å²) in [4.78, 5) is 14.0. The zero-order valence-electron chi connectivity index (χ0n) is 10.8. The Balaban J connectivity index is 1.58. The molecule has 3 atom stereocenters. The number of carbonyl (C=O) groups is 1. The van der Waals surface area contributed by atoms with Gasteiger partial charge in [-0.3, -0.25) is 0 Å². The maximum absolute atomic E-state index is 12.2. The molecule has 3 unspecified atom stereocenters. The number of likely N-dealkylation sites (tertiary alicyclic amines) is 1. The molecular formula is C15H18ClNO2. The number of hydrogen-bond donors (Lipinski definition) is 0. The molecule has 102 valence electrons. The normalized spacial score (nSPS) is 29.3. The number of carbonyl (C=O) groups excluding carboxylic acids is 1. The molecule has 1 aliphatic heterocycles. The molecule has 3 rings (SSSR count). The molecule has 0 radical (unpaired) electrons. The van der Waals surface area contributed by atoms with E-state index in [4.69, 9.17) is 16.3 Å². The van der Waals surface area contributed by atoms with Gasteiger partial charge in [-0.1, -0.05) is 36.8 Å². The number of alkyl halides is 1. The molecule has 19 heavy (non-hydrogen) atoms. The standard InChI is InChI=1S/C15H18ClNO2/c16-13-12-8-4-5-9-17(14(12)13)15(18)19-10-11-6-2-1-3-7-11/h1-3,6-7,12-14H,4-5,8-10H2. The van der Waals surface area contributed by atoms with Gasteiger partial charge in [0.25, 0.3) is 0 Å². The van der Waals surface area contributed by atoms with Crippen LogP contribution in [0, 0.1) is 5.92 Å². The van der Waals surface area contributed by atoms with Crippen molar-refractivity contribution in [2.24, 2.45) is 5.92 Å². The first-order valence-corrected chi connectivity index (χ1v) is 7.32. The minimum absolute atomic E-state index is 0.129. The van der Waals surface area contributed by atoms with E-state index in [9.17, 15) is 4.79 Å². The van der Waals surface area contributed by atoms with Gasteiger partial charge in [-0.15, -0.1) is 11.6 Å². The number of halogens is 1. The Labute approximate surface area is 118 Å². The van der Waals surface area contributed by atoms with Crippen molar-refractivity contribution < 1.29 is 9.53 Å². The molecule has 0 spiro atoms. The monoisotopic (exact) mass is 279 g/mol. The smallest absolute Gasteiger partial charge is 0.410 e. The van der Waals surface area contributed by atoms with Gasteiger partial charge in [0.15, 0.2) is 0 Å². The summed E-state index contributed by atoms with van der Waals surface area (Å²) >= 11 is 6.24. The first-order chi connectivity index (χ1) is 9.27. The van der Waals surface area contributed by atoms with Crippen molar-refractivity contribution in [3.05, 3.63) is 35.9 Å². The van der Waals surface area contributed by atoms with Crippen LogP contribution < -0.4 is 0 Å². The molecule has 0 aromatic heterocycles. The predicted molar refractivity (Wildman–Crippen MR) is 74.1 cm³/mol. The van der Waals surface area contributed by atoms with Crippen LogP contribution >= 0.6 is 11.6 Å². The van der Waals surface area contributed by atoms with Gasteiger partial charge in [0.05, 0.1) is 11.4 Å². The maximum Gasteiger partial charge on any atom is 0.410 e. The summed E-state index contributed by atoms with van der Waals surface area (Å²) in [5.41, 5.74) is 1.01. The summed E-state index contributed by atoms with van der Waals surface area (Å²) in [5.74, 6) is 0.480. The average molecular weight is 280 g/mol. The topological polar surface area (TPSA) is 29.5 Å². The summed E-state index contributed by atoms with van der Waals surface area (Å²) in [7, 11) is 0. The summed E-state index contributed by atoms with van der Waals surface area (Å²) in [6.07, 6.45) is 3.13. The molecule has 1 saturated heterocycles. The second-order valence-corrected chi connectivity index (χ2v) is 5.83. The first-order valence-electron chi connectivity index (χ1n) is 6.89. The summed E-state index contributed by atoms with van der Waals surface area (Å²) in [5, 5.41) is 0.129. The van der Waals surface area contributed by atoms with Crippen molar-refractivity contribution in [3.63, 3.8) is 0 Å². The maximum atomic E-state index is 12.2. The average Bonchev–Trinajstić information content (AvgIpc) is 3.13. The molecule has 1 amide bonds. The van der Waals surface area contributed by atoms with Crippen LogP contribution in [0.4, 0.5) is 4.79 Å². The molecule has 1 aromatic rings. The molecule has 3 nitrogen and oxygen atoms in total. The molecule has 0 N–H and O–H groups in total. The third-order valence-corrected chi connectivity index (χ3v) is 4.60. The highest BCUT2D eigenvalue weighted by Gasteiger charge is 2.54. The number of benzene rings is 1. The number of amides is 1. The quantitative estimate of drug-likeness (QED) is 0.777. The van der Waals surface area contributed by atoms with Gasteiger partial charge >= 0.3 is 6.09 Å². The Morgan fingerprint density at radius 1 is 1.32 bits per heavy atom. The van der Waals surface area contributed by atoms with E-state index in [1.807, 2.05) is 35.2 Å². The van der Waals surface area contributed by atoms with Crippen molar-refractivity contribution in [2.75, 3.05) is 6.54 Å². The number of ether oxygens (including phenoxy) is 1. The number of rotatable bonds is 2. The van der Waals surface area contributed by atoms with Gasteiger partial charge in [0.1, 0.15) is 6.61 Å². The fraction of sp³-hybridized carbons (Fsp3) is 0.533. The minimum atomic E-state index is -0.219. The molecule has 4 heteroatoms. The van der Waals surface area contributed by atoms with E-state index >= 15 is 0 Å². The second-order valence-electron chi connectivity index (χ2n) is 5.33. The number of fused-ring (bicyclic) bond motifs is 1. The highest BCUT2D eigenvalue weighted by molar-refractivity contribution is 6.23. The Morgan fingerprint density at radius 2 is 2.11 bits per heavy atom. The Hall–Kier alpha value is -1.22. The summed E-state index contributed by atoms with van der Waals surface area (Å²) in [6, 6.07) is 9.96. The zero-order valence-corrected chi connectivity index (χ0v) is 11.6. The third-order valence-electron chi connectivity index (χ3n) is 4.02. The van der Waals surface area contributed by atoms with Crippen molar-refractivity contribution in [2.45, 2.75) is 37.3 Å². The molecule has 1 aliphatic carbocycles. The van der Waals surface area contributed by atoms with E-state index in [1.54, 1.807) is 0 Å². The van der Waals surface area contributed by atoms with Crippen LogP contribution in [-0.2, 0) is 11.3 Å². The van der Waals surface area contributed by atoms with Gasteiger partial charge in [0.2, 0.25) is 0 Å². The molecule has 1 aromatic carbocycles. The Kier molecular flexibility index (Phi) is 3.65. The van der Waals surface area contributed by atoms with Gasteiger partial charge < -0.3 is 9.64 Å². The summed E-state index contributed by atoms with van der Waals surface area (Å²) < 4.78 is 5.40. The highest BCUT2D eigenvalue weighted by Crippen LogP contribution is 2.46. The van der Waals surface area contributed by atoms with Crippen LogP contribution in [0.5, 0.6) is 0 Å². The van der Waals surface area contributed by atoms with Crippen molar-refractivity contribution in [1.29, 1.82) is 0 Å². The lowest BCUT2D eigenvalue weighted by Gasteiger charge is -2.21. The molecule has 2 aliphatic rings. The SMILES string of the molecule is O=C(OCc1ccccc1)N1CCCCC2C(Cl)C21. The van der Waals surface area contributed by atoms with Crippen LogP contribution in [0.3, 0.4) is 0 Å². The van der Waals surface area contributed by atoms with Crippen molar-refractivity contribution >= 4 is 17.7 Å². The minimum Gasteiger partial charge on any atom is -0.445 e. The summed E-state index contributed by atoms with van der Waals surface area (Å²) in [6.45, 7) is 1.11. The second kappa shape index (κ2) is 5.41. The molecule has 1 heterocycles. The van der Waals surface area contributed by atoms with E-state index in [-0.39, 0.29) is 17.5 Å². The highest BCUT2D eigenvalue weighted by atomic mass is 35.5. The molecular weight excluding hydrogens is 262 g/mol. The van der Waals surface area contributed by atoms with Gasteiger partial charge in [-0.05, 0) is 24.3 Å². The first kappa shape index (κ1) is 12.8. The lowest BCUT2D eigenvalue weighted by Crippen LogP contribution is -2.35. The lowest BCUT2D eigenvalue weighted by atomic mass is 10.2. The van der Waals surface area contributed by atoms with E-state index in [0.717, 1.165) is 31.4 Å². The largest absolute Gasteiger partial charge is 0.445 e. The van der Waals surface area contributed by atoms with Crippen molar-refractivity contribution in [1.82, 2.24) is 4.90 Å². The van der Waals surface area contributed by atoms with Crippen molar-refractivity contribution in [3.8, 4) is 0 Å². The van der Waals surface area contributed by atoms with E-state index in [2.05, 4.69) is 0 Å².